The third-order valence-corrected chi connectivity index (χ3v) is 5.19. The number of hydrogen-bond donors (Lipinski definition) is 1. The lowest BCUT2D eigenvalue weighted by molar-refractivity contribution is -0.384. The van der Waals surface area contributed by atoms with Crippen molar-refractivity contribution in [3.63, 3.8) is 0 Å². The van der Waals surface area contributed by atoms with E-state index in [1.54, 1.807) is 12.1 Å². The number of aromatic nitrogens is 2. The van der Waals surface area contributed by atoms with E-state index in [-0.39, 0.29) is 39.9 Å². The summed E-state index contributed by atoms with van der Waals surface area (Å²) >= 11 is 5.11. The summed E-state index contributed by atoms with van der Waals surface area (Å²) in [5, 5.41) is 26.8. The minimum Gasteiger partial charge on any atom is -0.494 e. The van der Waals surface area contributed by atoms with Crippen molar-refractivity contribution in [1.29, 1.82) is 0 Å². The zero-order valence-electron chi connectivity index (χ0n) is 15.3. The summed E-state index contributed by atoms with van der Waals surface area (Å²) in [5.74, 6) is -0.696. The Labute approximate surface area is 164 Å². The van der Waals surface area contributed by atoms with Gasteiger partial charge in [0, 0.05) is 39.6 Å². The van der Waals surface area contributed by atoms with Gasteiger partial charge >= 0.3 is 0 Å². The second-order valence-electron chi connectivity index (χ2n) is 6.38. The van der Waals surface area contributed by atoms with Crippen molar-refractivity contribution in [2.24, 2.45) is 19.2 Å². The van der Waals surface area contributed by atoms with E-state index in [9.17, 15) is 24.8 Å². The van der Waals surface area contributed by atoms with Gasteiger partial charge in [-0.15, -0.1) is 0 Å². The zero-order valence-corrected chi connectivity index (χ0v) is 16.1. The van der Waals surface area contributed by atoms with E-state index in [1.165, 1.54) is 47.3 Å². The molecule has 1 aliphatic heterocycles. The highest BCUT2D eigenvalue weighted by molar-refractivity contribution is 7.71. The molecule has 0 spiro atoms. The van der Waals surface area contributed by atoms with Crippen molar-refractivity contribution in [2.45, 2.75) is 19.4 Å². The lowest BCUT2D eigenvalue weighted by atomic mass is 9.99. The second-order valence-corrected chi connectivity index (χ2v) is 6.75. The number of nitro groups is 1. The first-order chi connectivity index (χ1) is 13.1. The lowest BCUT2D eigenvalue weighted by Gasteiger charge is -2.20. The average molecular weight is 403 g/mol. The quantitative estimate of drug-likeness (QED) is 0.473. The van der Waals surface area contributed by atoms with Gasteiger partial charge in [0.25, 0.3) is 11.2 Å². The third kappa shape index (κ3) is 3.09. The fraction of sp³-hybridized carbons (Fsp3) is 0.294. The number of carbonyl (C=O) groups is 1. The van der Waals surface area contributed by atoms with Crippen molar-refractivity contribution >= 4 is 29.5 Å². The first-order valence-electron chi connectivity index (χ1n) is 8.24. The average Bonchev–Trinajstić information content (AvgIpc) is 3.10. The van der Waals surface area contributed by atoms with Crippen LogP contribution in [-0.4, -0.2) is 35.8 Å². The number of nitro benzene ring substituents is 1. The van der Waals surface area contributed by atoms with Crippen LogP contribution >= 0.6 is 12.2 Å². The minimum absolute atomic E-state index is 0.0331. The molecule has 1 amide bonds. The molecule has 0 bridgehead atoms. The third-order valence-electron chi connectivity index (χ3n) is 4.64. The van der Waals surface area contributed by atoms with E-state index in [0.717, 1.165) is 0 Å². The number of nitrogens with zero attached hydrogens (tertiary/aromatic N) is 5. The van der Waals surface area contributed by atoms with Crippen LogP contribution in [0.4, 0.5) is 5.69 Å². The molecule has 0 saturated heterocycles. The number of non-ortho nitro benzene ring substituents is 1. The van der Waals surface area contributed by atoms with Crippen LogP contribution in [0.5, 0.6) is 5.88 Å². The first kappa shape index (κ1) is 19.4. The summed E-state index contributed by atoms with van der Waals surface area (Å²) in [7, 11) is 3.01. The molecular formula is C17H17N5O5S. The van der Waals surface area contributed by atoms with Crippen LogP contribution in [-0.2, 0) is 18.9 Å². The SMILES string of the molecule is CC(=O)N1N=C(c2c(O)n(C)c(=S)n(C)c2=O)C[C@H]1c1ccc([N+](=O)[O-])cc1. The highest BCUT2D eigenvalue weighted by Gasteiger charge is 2.34. The number of aromatic hydroxyl groups is 1. The highest BCUT2D eigenvalue weighted by Crippen LogP contribution is 2.34. The number of rotatable bonds is 3. The molecule has 28 heavy (non-hydrogen) atoms. The first-order valence-corrected chi connectivity index (χ1v) is 8.65. The Morgan fingerprint density at radius 1 is 1.29 bits per heavy atom. The fourth-order valence-electron chi connectivity index (χ4n) is 3.12. The van der Waals surface area contributed by atoms with Crippen molar-refractivity contribution < 1.29 is 14.8 Å². The molecule has 10 nitrogen and oxygen atoms in total. The van der Waals surface area contributed by atoms with Gasteiger partial charge in [0.15, 0.2) is 4.77 Å². The molecule has 3 rings (SSSR count). The Kier molecular flexibility index (Phi) is 4.86. The van der Waals surface area contributed by atoms with Crippen LogP contribution < -0.4 is 5.56 Å². The van der Waals surface area contributed by atoms with Gasteiger partial charge in [0.05, 0.1) is 16.7 Å². The largest absolute Gasteiger partial charge is 0.494 e. The summed E-state index contributed by atoms with van der Waals surface area (Å²) in [5.41, 5.74) is 0.237. The maximum absolute atomic E-state index is 12.7. The molecule has 1 aromatic carbocycles. The van der Waals surface area contributed by atoms with Crippen LogP contribution in [0.3, 0.4) is 0 Å². The Bertz CT molecular complexity index is 1130. The number of hydrogen-bond acceptors (Lipinski definition) is 7. The van der Waals surface area contributed by atoms with Crippen LogP contribution in [0.25, 0.3) is 0 Å². The van der Waals surface area contributed by atoms with E-state index in [4.69, 9.17) is 12.2 Å². The maximum atomic E-state index is 12.7. The van der Waals surface area contributed by atoms with Crippen LogP contribution in [0.15, 0.2) is 34.2 Å². The molecule has 146 valence electrons. The summed E-state index contributed by atoms with van der Waals surface area (Å²) in [6, 6.07) is 5.22. The molecule has 0 unspecified atom stereocenters. The predicted molar refractivity (Wildman–Crippen MR) is 103 cm³/mol. The van der Waals surface area contributed by atoms with E-state index < -0.39 is 16.5 Å². The van der Waals surface area contributed by atoms with Crippen LogP contribution in [0.2, 0.25) is 0 Å². The predicted octanol–water partition coefficient (Wildman–Crippen LogP) is 1.76. The number of amides is 1. The number of hydrazone groups is 1. The minimum atomic E-state index is -0.550. The Morgan fingerprint density at radius 3 is 2.43 bits per heavy atom. The van der Waals surface area contributed by atoms with Crippen molar-refractivity contribution in [3.05, 3.63) is 60.6 Å². The molecule has 0 saturated carbocycles. The van der Waals surface area contributed by atoms with E-state index in [0.29, 0.717) is 5.56 Å². The summed E-state index contributed by atoms with van der Waals surface area (Å²) in [4.78, 5) is 35.1. The number of benzene rings is 1. The van der Waals surface area contributed by atoms with E-state index in [2.05, 4.69) is 5.10 Å². The van der Waals surface area contributed by atoms with E-state index >= 15 is 0 Å². The van der Waals surface area contributed by atoms with Crippen LogP contribution in [0.1, 0.15) is 30.5 Å². The van der Waals surface area contributed by atoms with Gasteiger partial charge in [0.1, 0.15) is 5.56 Å². The van der Waals surface area contributed by atoms with Crippen LogP contribution in [0, 0.1) is 14.9 Å². The molecule has 0 aliphatic carbocycles. The smallest absolute Gasteiger partial charge is 0.269 e. The normalized spacial score (nSPS) is 16.2. The van der Waals surface area contributed by atoms with Gasteiger partial charge in [0.2, 0.25) is 11.8 Å². The molecule has 0 fully saturated rings. The molecule has 1 atom stereocenters. The van der Waals surface area contributed by atoms with Crippen molar-refractivity contribution in [3.8, 4) is 5.88 Å². The standard InChI is InChI=1S/C17H17N5O5S/c1-9(23)21-13(10-4-6-11(7-5-10)22(26)27)8-12(18-21)14-15(24)19(2)17(28)20(3)16(14)25/h4-7,13,24H,8H2,1-3H3/t13-/m0/s1. The Morgan fingerprint density at radius 2 is 1.89 bits per heavy atom. The van der Waals surface area contributed by atoms with Gasteiger partial charge in [-0.1, -0.05) is 12.1 Å². The van der Waals surface area contributed by atoms with E-state index in [1.807, 2.05) is 0 Å². The Hall–Kier alpha value is -3.34. The number of carbonyl (C=O) groups excluding carboxylic acids is 1. The van der Waals surface area contributed by atoms with Gasteiger partial charge in [-0.25, -0.2) is 5.01 Å². The summed E-state index contributed by atoms with van der Waals surface area (Å²) < 4.78 is 2.64. The van der Waals surface area contributed by atoms with Gasteiger partial charge in [-0.2, -0.15) is 5.10 Å². The lowest BCUT2D eigenvalue weighted by Crippen LogP contribution is -2.28. The molecule has 11 heteroatoms. The molecule has 1 aromatic heterocycles. The summed E-state index contributed by atoms with van der Waals surface area (Å²) in [6.07, 6.45) is 0.164. The van der Waals surface area contributed by atoms with Crippen molar-refractivity contribution in [2.75, 3.05) is 0 Å². The molecule has 1 N–H and O–H groups in total. The molecular weight excluding hydrogens is 386 g/mol. The second kappa shape index (κ2) is 7.00. The monoisotopic (exact) mass is 403 g/mol. The topological polar surface area (TPSA) is 123 Å². The zero-order chi connectivity index (χ0) is 20.7. The maximum Gasteiger partial charge on any atom is 0.269 e. The summed E-state index contributed by atoms with van der Waals surface area (Å²) in [6.45, 7) is 1.33. The van der Waals surface area contributed by atoms with Gasteiger partial charge in [-0.3, -0.25) is 28.8 Å². The van der Waals surface area contributed by atoms with Gasteiger partial charge in [-0.05, 0) is 17.8 Å². The molecule has 2 heterocycles. The molecule has 2 aromatic rings. The highest BCUT2D eigenvalue weighted by atomic mass is 32.1. The Balaban J connectivity index is 2.08. The molecule has 0 radical (unpaired) electrons. The van der Waals surface area contributed by atoms with Crippen molar-refractivity contribution in [1.82, 2.24) is 14.1 Å². The van der Waals surface area contributed by atoms with Gasteiger partial charge < -0.3 is 5.11 Å². The molecule has 1 aliphatic rings. The fourth-order valence-corrected chi connectivity index (χ4v) is 3.28.